The molecule has 0 radical (unpaired) electrons. The van der Waals surface area contributed by atoms with Gasteiger partial charge in [0, 0.05) is 0 Å². The lowest BCUT2D eigenvalue weighted by Crippen LogP contribution is -2.70. The Morgan fingerprint density at radius 3 is 1.61 bits per heavy atom. The standard InChI is InChI=1S/C13H15F11O3Si/c1-26-7(25)6-5-8(6,27-28(2,3)4)9(14,15)10(16,17)11(18,19)12(20,21)13(22,23)24/h6H,5H2,1-4H3/t6-,8+/m0/s1. The second-order valence-electron chi connectivity index (χ2n) is 7.18. The normalized spacial score (nSPS) is 24.9. The van der Waals surface area contributed by atoms with Crippen molar-refractivity contribution in [3.05, 3.63) is 0 Å². The van der Waals surface area contributed by atoms with Gasteiger partial charge in [-0.2, -0.15) is 48.3 Å². The molecule has 0 aromatic carbocycles. The Morgan fingerprint density at radius 1 is 0.857 bits per heavy atom. The zero-order valence-electron chi connectivity index (χ0n) is 14.7. The predicted molar refractivity (Wildman–Crippen MR) is 73.1 cm³/mol. The lowest BCUT2D eigenvalue weighted by atomic mass is 9.92. The van der Waals surface area contributed by atoms with Gasteiger partial charge < -0.3 is 9.16 Å². The first kappa shape index (κ1) is 24.9. The molecule has 2 atom stereocenters. The Kier molecular flexibility index (Phi) is 5.73. The number of rotatable bonds is 7. The zero-order valence-corrected chi connectivity index (χ0v) is 15.7. The van der Waals surface area contributed by atoms with Crippen molar-refractivity contribution in [2.24, 2.45) is 5.92 Å². The summed E-state index contributed by atoms with van der Waals surface area (Å²) in [6.07, 6.45) is -8.59. The van der Waals surface area contributed by atoms with Gasteiger partial charge in [0.1, 0.15) is 5.60 Å². The summed E-state index contributed by atoms with van der Waals surface area (Å²) < 4.78 is 155. The van der Waals surface area contributed by atoms with Gasteiger partial charge >= 0.3 is 35.8 Å². The molecule has 0 aliphatic heterocycles. The summed E-state index contributed by atoms with van der Waals surface area (Å²) in [6, 6.07) is 0. The second-order valence-corrected chi connectivity index (χ2v) is 11.6. The molecule has 0 spiro atoms. The van der Waals surface area contributed by atoms with Gasteiger partial charge in [-0.1, -0.05) is 0 Å². The minimum absolute atomic E-state index is 0.641. The van der Waals surface area contributed by atoms with E-state index in [1.807, 2.05) is 0 Å². The SMILES string of the molecule is COC(=O)[C@@H]1C[C@]1(O[Si](C)(C)C)C(F)(F)C(F)(F)C(F)(F)C(F)(F)C(F)(F)F. The molecule has 15 heteroatoms. The monoisotopic (exact) mass is 456 g/mol. The highest BCUT2D eigenvalue weighted by molar-refractivity contribution is 6.69. The van der Waals surface area contributed by atoms with Crippen molar-refractivity contribution in [1.29, 1.82) is 0 Å². The minimum Gasteiger partial charge on any atom is -0.469 e. The summed E-state index contributed by atoms with van der Waals surface area (Å²) in [5.74, 6) is -32.4. The third kappa shape index (κ3) is 3.37. The fraction of sp³-hybridized carbons (Fsp3) is 0.923. The molecule has 3 nitrogen and oxygen atoms in total. The Bertz CT molecular complexity index is 626. The van der Waals surface area contributed by atoms with Crippen LogP contribution in [0.2, 0.25) is 19.6 Å². The predicted octanol–water partition coefficient (Wildman–Crippen LogP) is 4.87. The van der Waals surface area contributed by atoms with E-state index in [1.165, 1.54) is 0 Å². The molecule has 0 saturated heterocycles. The summed E-state index contributed by atoms with van der Waals surface area (Å²) >= 11 is 0. The highest BCUT2D eigenvalue weighted by atomic mass is 28.4. The molecule has 0 aromatic rings. The van der Waals surface area contributed by atoms with E-state index < -0.39 is 62.1 Å². The second kappa shape index (κ2) is 6.44. The maximum atomic E-state index is 14.5. The topological polar surface area (TPSA) is 35.5 Å². The first-order valence-electron chi connectivity index (χ1n) is 7.39. The van der Waals surface area contributed by atoms with Crippen LogP contribution in [0.5, 0.6) is 0 Å². The first-order chi connectivity index (χ1) is 12.0. The quantitative estimate of drug-likeness (QED) is 0.312. The van der Waals surface area contributed by atoms with Gasteiger partial charge in [0.15, 0.2) is 8.32 Å². The Hall–Kier alpha value is -1.12. The molecule has 28 heavy (non-hydrogen) atoms. The fourth-order valence-electron chi connectivity index (χ4n) is 2.57. The van der Waals surface area contributed by atoms with Crippen molar-refractivity contribution in [3.8, 4) is 0 Å². The van der Waals surface area contributed by atoms with E-state index in [0.29, 0.717) is 7.11 Å². The number of methoxy groups -OCH3 is 1. The van der Waals surface area contributed by atoms with Crippen LogP contribution >= 0.6 is 0 Å². The van der Waals surface area contributed by atoms with Crippen molar-refractivity contribution in [1.82, 2.24) is 0 Å². The molecule has 1 aliphatic rings. The van der Waals surface area contributed by atoms with Crippen molar-refractivity contribution in [2.75, 3.05) is 7.11 Å². The van der Waals surface area contributed by atoms with Gasteiger partial charge in [-0.05, 0) is 26.1 Å². The van der Waals surface area contributed by atoms with Gasteiger partial charge in [0.05, 0.1) is 13.0 Å². The van der Waals surface area contributed by atoms with Crippen LogP contribution in [0.15, 0.2) is 0 Å². The van der Waals surface area contributed by atoms with Gasteiger partial charge in [-0.15, -0.1) is 0 Å². The van der Waals surface area contributed by atoms with Gasteiger partial charge in [0.2, 0.25) is 0 Å². The van der Waals surface area contributed by atoms with Crippen molar-refractivity contribution >= 4 is 14.3 Å². The Labute approximate surface area is 152 Å². The van der Waals surface area contributed by atoms with Crippen LogP contribution in [0.3, 0.4) is 0 Å². The number of esters is 1. The van der Waals surface area contributed by atoms with E-state index in [2.05, 4.69) is 4.74 Å². The number of hydrogen-bond acceptors (Lipinski definition) is 3. The Balaban J connectivity index is 3.57. The lowest BCUT2D eigenvalue weighted by Gasteiger charge is -2.42. The molecule has 0 bridgehead atoms. The van der Waals surface area contributed by atoms with Crippen LogP contribution < -0.4 is 0 Å². The zero-order chi connectivity index (χ0) is 22.8. The largest absolute Gasteiger partial charge is 0.469 e. The van der Waals surface area contributed by atoms with Gasteiger partial charge in [-0.25, -0.2) is 0 Å². The molecular formula is C13H15F11O3Si. The first-order valence-corrected chi connectivity index (χ1v) is 10.8. The van der Waals surface area contributed by atoms with Crippen molar-refractivity contribution in [2.45, 2.75) is 61.5 Å². The molecule has 1 fully saturated rings. The van der Waals surface area contributed by atoms with E-state index in [1.54, 1.807) is 0 Å². The van der Waals surface area contributed by atoms with E-state index in [4.69, 9.17) is 4.43 Å². The smallest absolute Gasteiger partial charge is 0.460 e. The molecule has 1 aliphatic carbocycles. The van der Waals surface area contributed by atoms with Crippen molar-refractivity contribution < 1.29 is 62.3 Å². The van der Waals surface area contributed by atoms with Crippen LogP contribution in [0.25, 0.3) is 0 Å². The average Bonchev–Trinajstić information content (AvgIpc) is 3.18. The van der Waals surface area contributed by atoms with Crippen LogP contribution in [0.4, 0.5) is 48.3 Å². The number of carbonyl (C=O) groups is 1. The average molecular weight is 456 g/mol. The molecule has 0 heterocycles. The number of hydrogen-bond donors (Lipinski definition) is 0. The van der Waals surface area contributed by atoms with Gasteiger partial charge in [0.25, 0.3) is 0 Å². The summed E-state index contributed by atoms with van der Waals surface area (Å²) in [7, 11) is -2.70. The van der Waals surface area contributed by atoms with Crippen molar-refractivity contribution in [3.63, 3.8) is 0 Å². The van der Waals surface area contributed by atoms with E-state index in [0.717, 1.165) is 19.6 Å². The van der Waals surface area contributed by atoms with E-state index >= 15 is 0 Å². The highest BCUT2D eigenvalue weighted by Crippen LogP contribution is 2.67. The summed E-state index contributed by atoms with van der Waals surface area (Å²) in [6.45, 7) is 3.37. The van der Waals surface area contributed by atoms with Crippen LogP contribution in [-0.2, 0) is 14.0 Å². The maximum absolute atomic E-state index is 14.5. The summed E-state index contributed by atoms with van der Waals surface area (Å²) in [5, 5.41) is 0. The minimum atomic E-state index is -7.55. The third-order valence-corrected chi connectivity index (χ3v) is 4.93. The lowest BCUT2D eigenvalue weighted by molar-refractivity contribution is -0.430. The molecule has 0 amide bonds. The van der Waals surface area contributed by atoms with Crippen LogP contribution in [0.1, 0.15) is 6.42 Å². The molecule has 0 aromatic heterocycles. The third-order valence-electron chi connectivity index (χ3n) is 3.95. The number of alkyl halides is 11. The maximum Gasteiger partial charge on any atom is 0.460 e. The Morgan fingerprint density at radius 2 is 1.29 bits per heavy atom. The van der Waals surface area contributed by atoms with Crippen LogP contribution in [-0.4, -0.2) is 56.9 Å². The number of carbonyl (C=O) groups excluding carboxylic acids is 1. The molecule has 166 valence electrons. The van der Waals surface area contributed by atoms with Crippen LogP contribution in [0, 0.1) is 5.92 Å². The number of halogens is 11. The van der Waals surface area contributed by atoms with E-state index in [-0.39, 0.29) is 0 Å². The molecule has 0 N–H and O–H groups in total. The molecule has 1 rings (SSSR count). The van der Waals surface area contributed by atoms with Gasteiger partial charge in [-0.3, -0.25) is 4.79 Å². The molecule has 1 saturated carbocycles. The highest BCUT2D eigenvalue weighted by Gasteiger charge is 2.93. The number of ether oxygens (including phenoxy) is 1. The summed E-state index contributed by atoms with van der Waals surface area (Å²) in [5.41, 5.74) is -3.72. The molecular weight excluding hydrogens is 441 g/mol. The summed E-state index contributed by atoms with van der Waals surface area (Å²) in [4.78, 5) is 11.5. The van der Waals surface area contributed by atoms with E-state index in [9.17, 15) is 53.1 Å². The molecule has 0 unspecified atom stereocenters. The fourth-order valence-corrected chi connectivity index (χ4v) is 4.02.